The summed E-state index contributed by atoms with van der Waals surface area (Å²) in [6.07, 6.45) is 0.465. The number of amides is 1. The number of anilines is 1. The monoisotopic (exact) mass is 235 g/mol. The van der Waals surface area contributed by atoms with Gasteiger partial charge in [-0.1, -0.05) is 23.5 Å². The van der Waals surface area contributed by atoms with Crippen molar-refractivity contribution in [2.45, 2.75) is 6.42 Å². The summed E-state index contributed by atoms with van der Waals surface area (Å²) in [6.45, 7) is 0.611. The number of rotatable bonds is 4. The van der Waals surface area contributed by atoms with Gasteiger partial charge in [0.15, 0.2) is 5.13 Å². The lowest BCUT2D eigenvalue weighted by atomic mass is 10.3. The average Bonchev–Trinajstić information content (AvgIpc) is 2.71. The van der Waals surface area contributed by atoms with Crippen LogP contribution < -0.4 is 10.6 Å². The number of aromatic nitrogens is 1. The van der Waals surface area contributed by atoms with Gasteiger partial charge in [0.2, 0.25) is 5.91 Å². The largest absolute Gasteiger partial charge is 0.361 e. The molecule has 0 bridgehead atoms. The van der Waals surface area contributed by atoms with Gasteiger partial charge in [-0.2, -0.15) is 0 Å². The third-order valence-electron chi connectivity index (χ3n) is 2.20. The van der Waals surface area contributed by atoms with Crippen molar-refractivity contribution in [3.63, 3.8) is 0 Å². The molecule has 0 aliphatic carbocycles. The van der Waals surface area contributed by atoms with Gasteiger partial charge in [-0.15, -0.1) is 0 Å². The van der Waals surface area contributed by atoms with Crippen LogP contribution in [0.1, 0.15) is 6.42 Å². The third kappa shape index (κ3) is 2.49. The van der Waals surface area contributed by atoms with Gasteiger partial charge in [0.25, 0.3) is 0 Å². The molecule has 5 heteroatoms. The van der Waals surface area contributed by atoms with Gasteiger partial charge in [-0.25, -0.2) is 4.98 Å². The average molecular weight is 235 g/mol. The van der Waals surface area contributed by atoms with E-state index in [2.05, 4.69) is 15.6 Å². The van der Waals surface area contributed by atoms with Crippen molar-refractivity contribution >= 4 is 32.6 Å². The van der Waals surface area contributed by atoms with Gasteiger partial charge in [0.05, 0.1) is 10.2 Å². The van der Waals surface area contributed by atoms with Crippen LogP contribution in [0.2, 0.25) is 0 Å². The highest BCUT2D eigenvalue weighted by molar-refractivity contribution is 7.22. The zero-order chi connectivity index (χ0) is 11.4. The Hall–Kier alpha value is -1.62. The molecule has 1 amide bonds. The number of nitrogens with one attached hydrogen (secondary N) is 2. The van der Waals surface area contributed by atoms with Crippen molar-refractivity contribution < 1.29 is 4.79 Å². The van der Waals surface area contributed by atoms with Crippen LogP contribution in [0.15, 0.2) is 24.3 Å². The Balaban J connectivity index is 1.97. The van der Waals surface area contributed by atoms with Crippen molar-refractivity contribution in [2.24, 2.45) is 0 Å². The Bertz CT molecular complexity index is 462. The van der Waals surface area contributed by atoms with Gasteiger partial charge in [-0.3, -0.25) is 4.79 Å². The second kappa shape index (κ2) is 4.94. The third-order valence-corrected chi connectivity index (χ3v) is 3.20. The molecule has 2 rings (SSSR count). The van der Waals surface area contributed by atoms with E-state index in [-0.39, 0.29) is 5.91 Å². The minimum absolute atomic E-state index is 0.0358. The van der Waals surface area contributed by atoms with Gasteiger partial charge >= 0.3 is 0 Å². The summed E-state index contributed by atoms with van der Waals surface area (Å²) in [5, 5.41) is 6.59. The molecule has 0 radical (unpaired) electrons. The predicted molar refractivity (Wildman–Crippen MR) is 66.8 cm³/mol. The van der Waals surface area contributed by atoms with Crippen LogP contribution in [0.25, 0.3) is 10.2 Å². The Morgan fingerprint density at radius 3 is 3.00 bits per heavy atom. The van der Waals surface area contributed by atoms with E-state index in [1.165, 1.54) is 0 Å². The maximum atomic E-state index is 11.0. The van der Waals surface area contributed by atoms with Crippen LogP contribution in [0.4, 0.5) is 5.13 Å². The molecular weight excluding hydrogens is 222 g/mol. The topological polar surface area (TPSA) is 54.0 Å². The number of para-hydroxylation sites is 1. The van der Waals surface area contributed by atoms with E-state index in [0.29, 0.717) is 13.0 Å². The molecule has 0 unspecified atom stereocenters. The first kappa shape index (κ1) is 10.9. The molecule has 2 N–H and O–H groups in total. The number of thiazole rings is 1. The summed E-state index contributed by atoms with van der Waals surface area (Å²) in [5.74, 6) is 0.0358. The normalized spacial score (nSPS) is 10.3. The SMILES string of the molecule is CNC(=O)CCNc1nc2ccccc2s1. The van der Waals surface area contributed by atoms with Crippen molar-refractivity contribution in [1.29, 1.82) is 0 Å². The van der Waals surface area contributed by atoms with Crippen LogP contribution in [0.3, 0.4) is 0 Å². The molecule has 1 aromatic heterocycles. The Labute approximate surface area is 97.7 Å². The predicted octanol–water partition coefficient (Wildman–Crippen LogP) is 1.84. The Morgan fingerprint density at radius 2 is 2.25 bits per heavy atom. The van der Waals surface area contributed by atoms with Crippen LogP contribution in [-0.2, 0) is 4.79 Å². The van der Waals surface area contributed by atoms with E-state index in [1.807, 2.05) is 24.3 Å². The molecule has 1 heterocycles. The molecule has 4 nitrogen and oxygen atoms in total. The number of carbonyl (C=O) groups excluding carboxylic acids is 1. The lowest BCUT2D eigenvalue weighted by Gasteiger charge is -2.00. The number of carbonyl (C=O) groups is 1. The summed E-state index contributed by atoms with van der Waals surface area (Å²) < 4.78 is 1.16. The second-order valence-corrected chi connectivity index (χ2v) is 4.37. The standard InChI is InChI=1S/C11H13N3OS/c1-12-10(15)6-7-13-11-14-8-4-2-3-5-9(8)16-11/h2-5H,6-7H2,1H3,(H,12,15)(H,13,14). The van der Waals surface area contributed by atoms with Crippen LogP contribution in [0, 0.1) is 0 Å². The van der Waals surface area contributed by atoms with E-state index in [1.54, 1.807) is 18.4 Å². The summed E-state index contributed by atoms with van der Waals surface area (Å²) in [6, 6.07) is 7.98. The van der Waals surface area contributed by atoms with E-state index >= 15 is 0 Å². The fourth-order valence-electron chi connectivity index (χ4n) is 1.36. The van der Waals surface area contributed by atoms with Crippen molar-refractivity contribution in [1.82, 2.24) is 10.3 Å². The van der Waals surface area contributed by atoms with Crippen molar-refractivity contribution in [3.8, 4) is 0 Å². The summed E-state index contributed by atoms with van der Waals surface area (Å²) in [4.78, 5) is 15.4. The van der Waals surface area contributed by atoms with E-state index < -0.39 is 0 Å². The maximum absolute atomic E-state index is 11.0. The van der Waals surface area contributed by atoms with E-state index in [4.69, 9.17) is 0 Å². The first-order valence-electron chi connectivity index (χ1n) is 5.09. The minimum atomic E-state index is 0.0358. The van der Waals surface area contributed by atoms with Crippen LogP contribution >= 0.6 is 11.3 Å². The molecule has 1 aromatic carbocycles. The molecular formula is C11H13N3OS. The minimum Gasteiger partial charge on any atom is -0.361 e. The van der Waals surface area contributed by atoms with Gasteiger partial charge in [0.1, 0.15) is 0 Å². The van der Waals surface area contributed by atoms with Gasteiger partial charge in [-0.05, 0) is 12.1 Å². The quantitative estimate of drug-likeness (QED) is 0.850. The molecule has 0 saturated carbocycles. The summed E-state index contributed by atoms with van der Waals surface area (Å²) in [7, 11) is 1.64. The molecule has 0 fully saturated rings. The molecule has 2 aromatic rings. The molecule has 0 atom stereocenters. The molecule has 0 aliphatic heterocycles. The molecule has 0 aliphatic rings. The smallest absolute Gasteiger partial charge is 0.221 e. The van der Waals surface area contributed by atoms with Crippen LogP contribution in [-0.4, -0.2) is 24.5 Å². The Kier molecular flexibility index (Phi) is 3.36. The number of fused-ring (bicyclic) bond motifs is 1. The first-order valence-corrected chi connectivity index (χ1v) is 5.91. The van der Waals surface area contributed by atoms with Crippen molar-refractivity contribution in [3.05, 3.63) is 24.3 Å². The lowest BCUT2D eigenvalue weighted by Crippen LogP contribution is -2.20. The Morgan fingerprint density at radius 1 is 1.44 bits per heavy atom. The number of hydrogen-bond acceptors (Lipinski definition) is 4. The molecule has 84 valence electrons. The highest BCUT2D eigenvalue weighted by atomic mass is 32.1. The zero-order valence-electron chi connectivity index (χ0n) is 8.99. The highest BCUT2D eigenvalue weighted by Gasteiger charge is 2.03. The zero-order valence-corrected chi connectivity index (χ0v) is 9.80. The molecule has 16 heavy (non-hydrogen) atoms. The van der Waals surface area contributed by atoms with Gasteiger partial charge in [0, 0.05) is 20.0 Å². The highest BCUT2D eigenvalue weighted by Crippen LogP contribution is 2.25. The molecule has 0 spiro atoms. The molecule has 0 saturated heterocycles. The van der Waals surface area contributed by atoms with E-state index in [0.717, 1.165) is 15.3 Å². The van der Waals surface area contributed by atoms with Crippen LogP contribution in [0.5, 0.6) is 0 Å². The van der Waals surface area contributed by atoms with Crippen molar-refractivity contribution in [2.75, 3.05) is 18.9 Å². The summed E-state index contributed by atoms with van der Waals surface area (Å²) >= 11 is 1.60. The first-order chi connectivity index (χ1) is 7.79. The van der Waals surface area contributed by atoms with Gasteiger partial charge < -0.3 is 10.6 Å². The maximum Gasteiger partial charge on any atom is 0.221 e. The summed E-state index contributed by atoms with van der Waals surface area (Å²) in [5.41, 5.74) is 0.995. The fourth-order valence-corrected chi connectivity index (χ4v) is 2.25. The number of benzene rings is 1. The second-order valence-electron chi connectivity index (χ2n) is 3.34. The number of hydrogen-bond donors (Lipinski definition) is 2. The van der Waals surface area contributed by atoms with E-state index in [9.17, 15) is 4.79 Å². The fraction of sp³-hybridized carbons (Fsp3) is 0.273. The number of nitrogens with zero attached hydrogens (tertiary/aromatic N) is 1. The lowest BCUT2D eigenvalue weighted by molar-refractivity contribution is -0.120.